The van der Waals surface area contributed by atoms with E-state index in [2.05, 4.69) is 144 Å². The molecule has 2 heterocycles. The van der Waals surface area contributed by atoms with Gasteiger partial charge in [0.25, 0.3) is 0 Å². The molecule has 0 aliphatic rings. The molecule has 0 atom stereocenters. The minimum atomic E-state index is 0.623. The number of anilines is 3. The summed E-state index contributed by atoms with van der Waals surface area (Å²) in [6, 6.07) is 64.0. The van der Waals surface area contributed by atoms with Crippen LogP contribution < -0.4 is 4.90 Å². The minimum Gasteiger partial charge on any atom is -0.456 e. The van der Waals surface area contributed by atoms with E-state index in [1.807, 2.05) is 42.5 Å². The normalized spacial score (nSPS) is 11.8. The van der Waals surface area contributed by atoms with Crippen LogP contribution >= 0.6 is 0 Å². The zero-order valence-electron chi connectivity index (χ0n) is 28.5. The van der Waals surface area contributed by atoms with Gasteiger partial charge in [-0.1, -0.05) is 121 Å². The molecule has 53 heavy (non-hydrogen) atoms. The highest BCUT2D eigenvalue weighted by atomic mass is 16.3. The first-order chi connectivity index (χ1) is 26.3. The lowest BCUT2D eigenvalue weighted by Gasteiger charge is -2.27. The van der Waals surface area contributed by atoms with Gasteiger partial charge in [-0.25, -0.2) is 4.98 Å². The predicted molar refractivity (Wildman–Crippen MR) is 219 cm³/mol. The van der Waals surface area contributed by atoms with Crippen molar-refractivity contribution in [1.82, 2.24) is 4.98 Å². The van der Waals surface area contributed by atoms with E-state index in [1.54, 1.807) is 0 Å². The Hall–Kier alpha value is -7.17. The molecule has 0 saturated carbocycles. The first kappa shape index (κ1) is 29.5. The maximum atomic E-state index is 6.63. The molecule has 0 N–H and O–H groups in total. The van der Waals surface area contributed by atoms with E-state index in [9.17, 15) is 0 Å². The molecular formula is C49H30N2O2. The summed E-state index contributed by atoms with van der Waals surface area (Å²) in [6.45, 7) is 0. The summed E-state index contributed by atoms with van der Waals surface area (Å²) in [7, 11) is 0. The maximum absolute atomic E-state index is 6.63. The fourth-order valence-corrected chi connectivity index (χ4v) is 7.97. The van der Waals surface area contributed by atoms with E-state index >= 15 is 0 Å². The molecule has 11 aromatic rings. The molecule has 0 saturated heterocycles. The Balaban J connectivity index is 1.17. The highest BCUT2D eigenvalue weighted by Gasteiger charge is 2.20. The summed E-state index contributed by atoms with van der Waals surface area (Å²) >= 11 is 0. The molecule has 0 fully saturated rings. The second-order valence-electron chi connectivity index (χ2n) is 13.5. The van der Waals surface area contributed by atoms with Gasteiger partial charge >= 0.3 is 0 Å². The number of aromatic nitrogens is 1. The van der Waals surface area contributed by atoms with Crippen molar-refractivity contribution in [2.75, 3.05) is 4.90 Å². The molecule has 0 unspecified atom stereocenters. The summed E-state index contributed by atoms with van der Waals surface area (Å²) in [5.41, 5.74) is 9.91. The Labute approximate surface area is 304 Å². The minimum absolute atomic E-state index is 0.623. The molecule has 0 aliphatic heterocycles. The first-order valence-corrected chi connectivity index (χ1v) is 17.9. The van der Waals surface area contributed by atoms with Crippen molar-refractivity contribution in [1.29, 1.82) is 0 Å². The van der Waals surface area contributed by atoms with Crippen LogP contribution in [0.4, 0.5) is 17.1 Å². The number of benzene rings is 9. The van der Waals surface area contributed by atoms with Crippen LogP contribution in [-0.2, 0) is 0 Å². The van der Waals surface area contributed by atoms with Gasteiger partial charge in [-0.05, 0) is 87.9 Å². The standard InChI is InChI=1S/C49H30N2O2/c1-3-10-31(11-4-1)32-20-24-36(25-21-32)51(37-26-29-45-41(30-37)39-14-7-8-17-44(39)52-45)43-16-9-15-40-38(43)27-22-33-18-19-34-23-28-42-48(47(34)46(33)40)53-49(50-42)35-12-5-2-6-13-35/h1-30H. The molecule has 4 nitrogen and oxygen atoms in total. The third-order valence-electron chi connectivity index (χ3n) is 10.5. The van der Waals surface area contributed by atoms with E-state index in [0.717, 1.165) is 88.0 Å². The molecule has 0 amide bonds. The van der Waals surface area contributed by atoms with Gasteiger partial charge in [0.1, 0.15) is 16.7 Å². The number of hydrogen-bond donors (Lipinski definition) is 0. The Morgan fingerprint density at radius 3 is 1.87 bits per heavy atom. The summed E-state index contributed by atoms with van der Waals surface area (Å²) in [5, 5.41) is 8.96. The van der Waals surface area contributed by atoms with Crippen LogP contribution in [0.15, 0.2) is 191 Å². The van der Waals surface area contributed by atoms with Crippen LogP contribution in [0.1, 0.15) is 0 Å². The number of fused-ring (bicyclic) bond motifs is 10. The van der Waals surface area contributed by atoms with Crippen molar-refractivity contribution in [2.24, 2.45) is 0 Å². The van der Waals surface area contributed by atoms with Crippen molar-refractivity contribution >= 4 is 82.4 Å². The molecule has 0 radical (unpaired) electrons. The van der Waals surface area contributed by atoms with Gasteiger partial charge in [0.05, 0.1) is 5.69 Å². The Kier molecular flexibility index (Phi) is 6.52. The molecular weight excluding hydrogens is 649 g/mol. The highest BCUT2D eigenvalue weighted by Crippen LogP contribution is 2.45. The quantitative estimate of drug-likeness (QED) is 0.170. The molecule has 4 heteroatoms. The van der Waals surface area contributed by atoms with E-state index < -0.39 is 0 Å². The lowest BCUT2D eigenvalue weighted by Crippen LogP contribution is -2.10. The summed E-state index contributed by atoms with van der Waals surface area (Å²) in [6.07, 6.45) is 0. The van der Waals surface area contributed by atoms with Crippen molar-refractivity contribution in [3.8, 4) is 22.6 Å². The molecule has 0 spiro atoms. The number of furan rings is 1. The van der Waals surface area contributed by atoms with Crippen LogP contribution in [0, 0.1) is 0 Å². The monoisotopic (exact) mass is 678 g/mol. The van der Waals surface area contributed by atoms with Crippen molar-refractivity contribution in [3.05, 3.63) is 182 Å². The number of oxazole rings is 1. The average molecular weight is 679 g/mol. The summed E-state index contributed by atoms with van der Waals surface area (Å²) in [4.78, 5) is 7.30. The smallest absolute Gasteiger partial charge is 0.227 e. The third kappa shape index (κ3) is 4.73. The lowest BCUT2D eigenvalue weighted by atomic mass is 9.94. The van der Waals surface area contributed by atoms with Gasteiger partial charge in [0, 0.05) is 43.9 Å². The van der Waals surface area contributed by atoms with Gasteiger partial charge in [0.15, 0.2) is 5.58 Å². The fraction of sp³-hybridized carbons (Fsp3) is 0. The fourth-order valence-electron chi connectivity index (χ4n) is 7.97. The summed E-state index contributed by atoms with van der Waals surface area (Å²) < 4.78 is 12.9. The third-order valence-corrected chi connectivity index (χ3v) is 10.5. The number of nitrogens with zero attached hydrogens (tertiary/aromatic N) is 2. The zero-order chi connectivity index (χ0) is 34.9. The van der Waals surface area contributed by atoms with Gasteiger partial charge in [-0.2, -0.15) is 0 Å². The van der Waals surface area contributed by atoms with Gasteiger partial charge in [-0.3, -0.25) is 0 Å². The van der Waals surface area contributed by atoms with Crippen molar-refractivity contribution < 1.29 is 8.83 Å². The molecule has 0 bridgehead atoms. The average Bonchev–Trinajstić information content (AvgIpc) is 3.84. The van der Waals surface area contributed by atoms with Gasteiger partial charge in [-0.15, -0.1) is 0 Å². The number of para-hydroxylation sites is 1. The van der Waals surface area contributed by atoms with E-state index in [-0.39, 0.29) is 0 Å². The first-order valence-electron chi connectivity index (χ1n) is 17.9. The largest absolute Gasteiger partial charge is 0.456 e. The van der Waals surface area contributed by atoms with Crippen LogP contribution in [0.3, 0.4) is 0 Å². The Bertz CT molecular complexity index is 3160. The lowest BCUT2D eigenvalue weighted by molar-refractivity contribution is 0.623. The zero-order valence-corrected chi connectivity index (χ0v) is 28.5. The van der Waals surface area contributed by atoms with Crippen LogP contribution in [0.2, 0.25) is 0 Å². The second kappa shape index (κ2) is 11.7. The highest BCUT2D eigenvalue weighted by molar-refractivity contribution is 6.27. The van der Waals surface area contributed by atoms with Crippen LogP contribution in [-0.4, -0.2) is 4.98 Å². The number of hydrogen-bond acceptors (Lipinski definition) is 4. The Morgan fingerprint density at radius 2 is 1.04 bits per heavy atom. The molecule has 0 aliphatic carbocycles. The van der Waals surface area contributed by atoms with Crippen molar-refractivity contribution in [2.45, 2.75) is 0 Å². The Morgan fingerprint density at radius 1 is 0.396 bits per heavy atom. The van der Waals surface area contributed by atoms with Gasteiger partial charge in [0.2, 0.25) is 5.89 Å². The summed E-state index contributed by atoms with van der Waals surface area (Å²) in [5.74, 6) is 0.623. The molecule has 11 rings (SSSR count). The van der Waals surface area contributed by atoms with Crippen LogP contribution in [0.25, 0.3) is 87.9 Å². The second-order valence-corrected chi connectivity index (χ2v) is 13.5. The van der Waals surface area contributed by atoms with E-state index in [0.29, 0.717) is 5.89 Å². The number of rotatable bonds is 5. The van der Waals surface area contributed by atoms with Crippen LogP contribution in [0.5, 0.6) is 0 Å². The predicted octanol–water partition coefficient (Wildman–Crippen LogP) is 14.0. The van der Waals surface area contributed by atoms with Crippen molar-refractivity contribution in [3.63, 3.8) is 0 Å². The molecule has 2 aromatic heterocycles. The van der Waals surface area contributed by atoms with E-state index in [1.165, 1.54) is 11.1 Å². The maximum Gasteiger partial charge on any atom is 0.227 e. The van der Waals surface area contributed by atoms with E-state index in [4.69, 9.17) is 13.8 Å². The SMILES string of the molecule is c1ccc(-c2ccc(N(c3ccc4oc5ccccc5c4c3)c3cccc4c3ccc3ccc5ccc6nc(-c7ccccc7)oc6c5c34)cc2)cc1. The van der Waals surface area contributed by atoms with Gasteiger partial charge < -0.3 is 13.7 Å². The topological polar surface area (TPSA) is 42.4 Å². The molecule has 9 aromatic carbocycles. The molecule has 248 valence electrons.